The van der Waals surface area contributed by atoms with E-state index in [9.17, 15) is 14.0 Å². The first-order valence-electron chi connectivity index (χ1n) is 11.1. The molecular formula is C23H34FN3O2. The van der Waals surface area contributed by atoms with Crippen LogP contribution in [-0.2, 0) is 9.59 Å². The van der Waals surface area contributed by atoms with Gasteiger partial charge >= 0.3 is 0 Å². The largest absolute Gasteiger partial charge is 0.343 e. The molecule has 2 fully saturated rings. The van der Waals surface area contributed by atoms with Crippen LogP contribution >= 0.6 is 0 Å². The quantitative estimate of drug-likeness (QED) is 0.699. The van der Waals surface area contributed by atoms with Gasteiger partial charge in [0.15, 0.2) is 0 Å². The normalized spacial score (nSPS) is 19.3. The number of hydrogen-bond donors (Lipinski definition) is 1. The second-order valence-electron chi connectivity index (χ2n) is 8.38. The van der Waals surface area contributed by atoms with Gasteiger partial charge in [0, 0.05) is 37.2 Å². The Bertz CT molecular complexity index is 663. The van der Waals surface area contributed by atoms with E-state index in [2.05, 4.69) is 17.1 Å². The van der Waals surface area contributed by atoms with Crippen LogP contribution in [0.5, 0.6) is 0 Å². The van der Waals surface area contributed by atoms with Crippen molar-refractivity contribution in [2.24, 2.45) is 5.92 Å². The van der Waals surface area contributed by atoms with Gasteiger partial charge in [-0.2, -0.15) is 0 Å². The molecule has 0 aliphatic carbocycles. The lowest BCUT2D eigenvalue weighted by atomic mass is 9.92. The van der Waals surface area contributed by atoms with E-state index < -0.39 is 0 Å². The van der Waals surface area contributed by atoms with Crippen molar-refractivity contribution in [3.8, 4) is 0 Å². The first kappa shape index (κ1) is 21.8. The number of rotatable bonds is 7. The van der Waals surface area contributed by atoms with Gasteiger partial charge in [-0.15, -0.1) is 0 Å². The van der Waals surface area contributed by atoms with Gasteiger partial charge in [-0.3, -0.25) is 9.59 Å². The van der Waals surface area contributed by atoms with E-state index in [4.69, 9.17) is 0 Å². The maximum atomic E-state index is 13.0. The maximum Gasteiger partial charge on any atom is 0.227 e. The molecule has 2 amide bonds. The number of likely N-dealkylation sites (tertiary alicyclic amines) is 2. The molecule has 1 N–H and O–H groups in total. The third-order valence-electron chi connectivity index (χ3n) is 6.34. The molecule has 0 bridgehead atoms. The van der Waals surface area contributed by atoms with Crippen LogP contribution in [0.2, 0.25) is 0 Å². The second kappa shape index (κ2) is 10.7. The van der Waals surface area contributed by atoms with Crippen molar-refractivity contribution in [3.63, 3.8) is 0 Å². The lowest BCUT2D eigenvalue weighted by Gasteiger charge is -2.41. The van der Waals surface area contributed by atoms with Gasteiger partial charge in [-0.05, 0) is 69.5 Å². The summed E-state index contributed by atoms with van der Waals surface area (Å²) >= 11 is 0. The molecule has 29 heavy (non-hydrogen) atoms. The van der Waals surface area contributed by atoms with Crippen LogP contribution in [0.4, 0.5) is 10.1 Å². The Morgan fingerprint density at radius 1 is 1.00 bits per heavy atom. The molecule has 1 aromatic rings. The molecule has 0 aromatic heterocycles. The van der Waals surface area contributed by atoms with Gasteiger partial charge in [-0.25, -0.2) is 4.39 Å². The molecule has 0 spiro atoms. The summed E-state index contributed by atoms with van der Waals surface area (Å²) in [7, 11) is 0. The first-order chi connectivity index (χ1) is 14.1. The van der Waals surface area contributed by atoms with Crippen LogP contribution in [0.3, 0.4) is 0 Å². The number of nitrogens with one attached hydrogen (secondary N) is 1. The Hall–Kier alpha value is -1.95. The minimum absolute atomic E-state index is 0.0107. The molecule has 0 unspecified atom stereocenters. The predicted molar refractivity (Wildman–Crippen MR) is 113 cm³/mol. The van der Waals surface area contributed by atoms with Crippen molar-refractivity contribution >= 4 is 17.5 Å². The highest BCUT2D eigenvalue weighted by Crippen LogP contribution is 2.25. The number of unbranched alkanes of at least 4 members (excludes halogenated alkanes) is 2. The Balaban J connectivity index is 1.38. The number of benzene rings is 1. The summed E-state index contributed by atoms with van der Waals surface area (Å²) in [4.78, 5) is 29.3. The predicted octanol–water partition coefficient (Wildman–Crippen LogP) is 4.05. The Kier molecular flexibility index (Phi) is 8.04. The molecule has 2 aliphatic rings. The van der Waals surface area contributed by atoms with E-state index in [1.165, 1.54) is 12.1 Å². The van der Waals surface area contributed by atoms with Crippen molar-refractivity contribution in [1.82, 2.24) is 9.80 Å². The minimum atomic E-state index is -0.301. The molecule has 0 atom stereocenters. The fraction of sp³-hybridized carbons (Fsp3) is 0.652. The molecule has 2 heterocycles. The highest BCUT2D eigenvalue weighted by Gasteiger charge is 2.31. The average molecular weight is 404 g/mol. The van der Waals surface area contributed by atoms with E-state index in [0.717, 1.165) is 71.1 Å². The van der Waals surface area contributed by atoms with Crippen molar-refractivity contribution < 1.29 is 14.0 Å². The van der Waals surface area contributed by atoms with Crippen LogP contribution in [0.1, 0.15) is 58.3 Å². The van der Waals surface area contributed by atoms with E-state index in [1.54, 1.807) is 12.1 Å². The molecule has 6 heteroatoms. The zero-order valence-corrected chi connectivity index (χ0v) is 17.5. The highest BCUT2D eigenvalue weighted by molar-refractivity contribution is 5.92. The number of amides is 2. The van der Waals surface area contributed by atoms with Crippen LogP contribution < -0.4 is 5.32 Å². The maximum absolute atomic E-state index is 13.0. The second-order valence-corrected chi connectivity index (χ2v) is 8.38. The Morgan fingerprint density at radius 3 is 2.28 bits per heavy atom. The van der Waals surface area contributed by atoms with Gasteiger partial charge in [0.25, 0.3) is 0 Å². The van der Waals surface area contributed by atoms with Crippen molar-refractivity contribution in [2.75, 3.05) is 31.5 Å². The molecule has 1 aromatic carbocycles. The summed E-state index contributed by atoms with van der Waals surface area (Å²) in [6.45, 7) is 5.74. The van der Waals surface area contributed by atoms with Crippen molar-refractivity contribution in [3.05, 3.63) is 30.1 Å². The molecule has 3 rings (SSSR count). The number of piperidine rings is 2. The fourth-order valence-corrected chi connectivity index (χ4v) is 4.47. The number of carbonyl (C=O) groups is 2. The third-order valence-corrected chi connectivity index (χ3v) is 6.34. The number of nitrogens with zero attached hydrogens (tertiary/aromatic N) is 2. The smallest absolute Gasteiger partial charge is 0.227 e. The zero-order chi connectivity index (χ0) is 20.6. The molecule has 0 saturated carbocycles. The van der Waals surface area contributed by atoms with E-state index >= 15 is 0 Å². The number of anilines is 1. The van der Waals surface area contributed by atoms with E-state index in [0.29, 0.717) is 24.1 Å². The lowest BCUT2D eigenvalue weighted by Crippen LogP contribution is -2.49. The van der Waals surface area contributed by atoms with Crippen LogP contribution in [0, 0.1) is 11.7 Å². The monoisotopic (exact) mass is 403 g/mol. The third kappa shape index (κ3) is 6.26. The SMILES string of the molecule is CCCCCC(=O)N1CCC(N2CCC(C(=O)Nc3ccc(F)cc3)CC2)CC1. The number of carbonyl (C=O) groups excluding carboxylic acids is 2. The Labute approximate surface area is 173 Å². The van der Waals surface area contributed by atoms with Gasteiger partial charge in [0.05, 0.1) is 0 Å². The van der Waals surface area contributed by atoms with Crippen LogP contribution in [0.25, 0.3) is 0 Å². The van der Waals surface area contributed by atoms with Crippen molar-refractivity contribution in [2.45, 2.75) is 64.3 Å². The minimum Gasteiger partial charge on any atom is -0.343 e. The summed E-state index contributed by atoms with van der Waals surface area (Å²) in [6, 6.07) is 6.44. The lowest BCUT2D eigenvalue weighted by molar-refractivity contribution is -0.133. The average Bonchev–Trinajstić information content (AvgIpc) is 2.75. The van der Waals surface area contributed by atoms with Gasteiger partial charge < -0.3 is 15.1 Å². The van der Waals surface area contributed by atoms with Crippen LogP contribution in [0.15, 0.2) is 24.3 Å². The van der Waals surface area contributed by atoms with Gasteiger partial charge in [-0.1, -0.05) is 19.8 Å². The fourth-order valence-electron chi connectivity index (χ4n) is 4.47. The molecular weight excluding hydrogens is 369 g/mol. The topological polar surface area (TPSA) is 52.7 Å². The molecule has 5 nitrogen and oxygen atoms in total. The van der Waals surface area contributed by atoms with E-state index in [1.807, 2.05) is 4.90 Å². The molecule has 0 radical (unpaired) electrons. The summed E-state index contributed by atoms with van der Waals surface area (Å²) in [5, 5.41) is 2.90. The van der Waals surface area contributed by atoms with Gasteiger partial charge in [0.2, 0.25) is 11.8 Å². The first-order valence-corrected chi connectivity index (χ1v) is 11.1. The van der Waals surface area contributed by atoms with Crippen molar-refractivity contribution in [1.29, 1.82) is 0 Å². The zero-order valence-electron chi connectivity index (χ0n) is 17.5. The summed E-state index contributed by atoms with van der Waals surface area (Å²) in [5.74, 6) is 0.0541. The molecule has 2 saturated heterocycles. The molecule has 2 aliphatic heterocycles. The highest BCUT2D eigenvalue weighted by atomic mass is 19.1. The number of hydrogen-bond acceptors (Lipinski definition) is 3. The summed E-state index contributed by atoms with van der Waals surface area (Å²) < 4.78 is 13.0. The number of halogens is 1. The van der Waals surface area contributed by atoms with Crippen LogP contribution in [-0.4, -0.2) is 53.8 Å². The van der Waals surface area contributed by atoms with E-state index in [-0.39, 0.29) is 17.6 Å². The Morgan fingerprint density at radius 2 is 1.66 bits per heavy atom. The summed E-state index contributed by atoms with van der Waals surface area (Å²) in [5.41, 5.74) is 0.648. The van der Waals surface area contributed by atoms with Gasteiger partial charge in [0.1, 0.15) is 5.82 Å². The molecule has 160 valence electrons. The summed E-state index contributed by atoms with van der Waals surface area (Å²) in [6.07, 6.45) is 7.74. The standard InChI is InChI=1S/C23H34FN3O2/c1-2-3-4-5-22(28)27-16-12-21(13-17-27)26-14-10-18(11-15-26)23(29)25-20-8-6-19(24)7-9-20/h6-9,18,21H,2-5,10-17H2,1H3,(H,25,29).